The van der Waals surface area contributed by atoms with Gasteiger partial charge in [0.1, 0.15) is 0 Å². The summed E-state index contributed by atoms with van der Waals surface area (Å²) >= 11 is 0. The third kappa shape index (κ3) is 2.96. The van der Waals surface area contributed by atoms with E-state index in [-0.39, 0.29) is 0 Å². The van der Waals surface area contributed by atoms with Gasteiger partial charge in [-0.3, -0.25) is 0 Å². The summed E-state index contributed by atoms with van der Waals surface area (Å²) in [5.41, 5.74) is 0. The van der Waals surface area contributed by atoms with Crippen LogP contribution in [0.2, 0.25) is 0 Å². The van der Waals surface area contributed by atoms with Crippen LogP contribution in [-0.4, -0.2) is 12.2 Å². The molecule has 0 aromatic heterocycles. The molecule has 3 fully saturated rings. The van der Waals surface area contributed by atoms with Crippen LogP contribution in [0.3, 0.4) is 0 Å². The highest BCUT2D eigenvalue weighted by molar-refractivity contribution is 4.97. The molecule has 15 heavy (non-hydrogen) atoms. The largest absolute Gasteiger partial charge is 0.370 e. The van der Waals surface area contributed by atoms with Crippen LogP contribution in [0.15, 0.2) is 0 Å². The summed E-state index contributed by atoms with van der Waals surface area (Å²) in [6, 6.07) is 0. The zero-order valence-corrected chi connectivity index (χ0v) is 10.4. The summed E-state index contributed by atoms with van der Waals surface area (Å²) in [6.07, 6.45) is 12.8. The highest BCUT2D eigenvalue weighted by atomic mass is 16.6. The predicted molar refractivity (Wildman–Crippen MR) is 63.9 cm³/mol. The molecule has 0 aromatic rings. The van der Waals surface area contributed by atoms with E-state index in [2.05, 4.69) is 13.8 Å². The third-order valence-electron chi connectivity index (χ3n) is 4.28. The molecule has 88 valence electrons. The van der Waals surface area contributed by atoms with E-state index in [0.717, 1.165) is 11.8 Å². The first kappa shape index (κ1) is 11.4. The Labute approximate surface area is 94.6 Å². The average molecular weight is 210 g/mol. The Hall–Kier alpha value is -0.0400. The van der Waals surface area contributed by atoms with Crippen molar-refractivity contribution >= 4 is 0 Å². The first-order valence-corrected chi connectivity index (χ1v) is 7.00. The van der Waals surface area contributed by atoms with Crippen molar-refractivity contribution in [1.29, 1.82) is 0 Å². The molecule has 0 radical (unpaired) electrons. The number of ether oxygens (including phenoxy) is 1. The molecule has 0 N–H and O–H groups in total. The van der Waals surface area contributed by atoms with Crippen molar-refractivity contribution in [3.63, 3.8) is 0 Å². The van der Waals surface area contributed by atoms with Crippen LogP contribution in [0.1, 0.15) is 65.2 Å². The van der Waals surface area contributed by atoms with Crippen molar-refractivity contribution in [2.45, 2.75) is 77.4 Å². The fraction of sp³-hybridized carbons (Fsp3) is 1.00. The number of epoxide rings is 1. The average Bonchev–Trinajstić information content (AvgIpc) is 2.84. The van der Waals surface area contributed by atoms with Crippen LogP contribution < -0.4 is 0 Å². The second kappa shape index (κ2) is 5.34. The summed E-state index contributed by atoms with van der Waals surface area (Å²) in [5.74, 6) is 2.12. The summed E-state index contributed by atoms with van der Waals surface area (Å²) < 4.78 is 5.51. The number of hydrogen-bond acceptors (Lipinski definition) is 1. The summed E-state index contributed by atoms with van der Waals surface area (Å²) in [5, 5.41) is 0. The molecule has 1 heterocycles. The van der Waals surface area contributed by atoms with E-state index in [0.29, 0.717) is 12.2 Å². The van der Waals surface area contributed by atoms with Gasteiger partial charge in [0.2, 0.25) is 0 Å². The Balaban J connectivity index is 0.000000149. The number of hydrogen-bond donors (Lipinski definition) is 0. The highest BCUT2D eigenvalue weighted by Gasteiger charge is 2.49. The Morgan fingerprint density at radius 2 is 1.47 bits per heavy atom. The first-order chi connectivity index (χ1) is 7.35. The number of unbranched alkanes of at least 4 members (excludes halogenated alkanes) is 2. The molecule has 1 nitrogen and oxygen atoms in total. The molecule has 4 unspecified atom stereocenters. The summed E-state index contributed by atoms with van der Waals surface area (Å²) in [4.78, 5) is 0. The Morgan fingerprint density at radius 3 is 1.87 bits per heavy atom. The topological polar surface area (TPSA) is 12.5 Å². The predicted octanol–water partition coefficient (Wildman–Crippen LogP) is 4.16. The molecule has 0 bridgehead atoms. The van der Waals surface area contributed by atoms with Crippen LogP contribution in [0.4, 0.5) is 0 Å². The van der Waals surface area contributed by atoms with E-state index in [4.69, 9.17) is 4.74 Å². The zero-order valence-electron chi connectivity index (χ0n) is 10.4. The van der Waals surface area contributed by atoms with Crippen molar-refractivity contribution in [2.75, 3.05) is 0 Å². The fourth-order valence-electron chi connectivity index (χ4n) is 3.28. The highest BCUT2D eigenvalue weighted by Crippen LogP contribution is 2.49. The lowest BCUT2D eigenvalue weighted by atomic mass is 9.82. The van der Waals surface area contributed by atoms with Gasteiger partial charge in [0.05, 0.1) is 12.2 Å². The van der Waals surface area contributed by atoms with Gasteiger partial charge in [-0.15, -0.1) is 0 Å². The minimum absolute atomic E-state index is 0.708. The van der Waals surface area contributed by atoms with Gasteiger partial charge >= 0.3 is 0 Å². The second-order valence-electron chi connectivity index (χ2n) is 5.49. The molecule has 1 saturated heterocycles. The lowest BCUT2D eigenvalue weighted by molar-refractivity contribution is 0.309. The van der Waals surface area contributed by atoms with Crippen LogP contribution in [0, 0.1) is 11.8 Å². The molecule has 4 atom stereocenters. The van der Waals surface area contributed by atoms with E-state index in [1.54, 1.807) is 0 Å². The van der Waals surface area contributed by atoms with Gasteiger partial charge in [0, 0.05) is 0 Å². The molecule has 2 saturated carbocycles. The third-order valence-corrected chi connectivity index (χ3v) is 4.28. The Bertz CT molecular complexity index is 172. The minimum atomic E-state index is 0.708. The van der Waals surface area contributed by atoms with Crippen molar-refractivity contribution < 1.29 is 4.74 Å². The zero-order chi connectivity index (χ0) is 10.7. The van der Waals surface area contributed by atoms with Gasteiger partial charge in [-0.2, -0.15) is 0 Å². The van der Waals surface area contributed by atoms with Gasteiger partial charge in [-0.25, -0.2) is 0 Å². The molecule has 2 aliphatic carbocycles. The van der Waals surface area contributed by atoms with Crippen molar-refractivity contribution in [3.05, 3.63) is 0 Å². The second-order valence-corrected chi connectivity index (χ2v) is 5.49. The summed E-state index contributed by atoms with van der Waals surface area (Å²) in [6.45, 7) is 4.42. The van der Waals surface area contributed by atoms with E-state index in [1.165, 1.54) is 51.4 Å². The molecule has 1 heteroatoms. The number of rotatable bonds is 2. The van der Waals surface area contributed by atoms with E-state index in [9.17, 15) is 0 Å². The lowest BCUT2D eigenvalue weighted by Gasteiger charge is -2.21. The quantitative estimate of drug-likeness (QED) is 0.623. The van der Waals surface area contributed by atoms with Gasteiger partial charge in [0.15, 0.2) is 0 Å². The van der Waals surface area contributed by atoms with Crippen LogP contribution in [0.5, 0.6) is 0 Å². The molecule has 0 spiro atoms. The van der Waals surface area contributed by atoms with Crippen molar-refractivity contribution in [1.82, 2.24) is 0 Å². The molecule has 3 rings (SSSR count). The monoisotopic (exact) mass is 210 g/mol. The van der Waals surface area contributed by atoms with Crippen LogP contribution in [0.25, 0.3) is 0 Å². The SMILES string of the molecule is C1CC2CC3OC3CC2C1.CCCCC. The molecule has 0 amide bonds. The van der Waals surface area contributed by atoms with Crippen LogP contribution >= 0.6 is 0 Å². The molecule has 1 aliphatic heterocycles. The molecular formula is C14H26O. The molecule has 0 aromatic carbocycles. The fourth-order valence-corrected chi connectivity index (χ4v) is 3.28. The van der Waals surface area contributed by atoms with Gasteiger partial charge in [-0.05, 0) is 24.7 Å². The van der Waals surface area contributed by atoms with E-state index >= 15 is 0 Å². The number of fused-ring (bicyclic) bond motifs is 2. The smallest absolute Gasteiger partial charge is 0.0844 e. The van der Waals surface area contributed by atoms with E-state index < -0.39 is 0 Å². The summed E-state index contributed by atoms with van der Waals surface area (Å²) in [7, 11) is 0. The van der Waals surface area contributed by atoms with Gasteiger partial charge < -0.3 is 4.74 Å². The maximum atomic E-state index is 5.51. The van der Waals surface area contributed by atoms with Gasteiger partial charge in [-0.1, -0.05) is 52.4 Å². The van der Waals surface area contributed by atoms with Crippen LogP contribution in [-0.2, 0) is 4.74 Å². The Kier molecular flexibility index (Phi) is 4.07. The standard InChI is InChI=1S/C9H14O.C5H12/c1-2-6-4-8-9(10-8)5-7(6)3-1;1-3-5-4-2/h6-9H,1-5H2;3-5H2,1-2H3. The van der Waals surface area contributed by atoms with Crippen molar-refractivity contribution in [2.24, 2.45) is 11.8 Å². The molecular weight excluding hydrogens is 184 g/mol. The maximum absolute atomic E-state index is 5.51. The van der Waals surface area contributed by atoms with E-state index in [1.807, 2.05) is 0 Å². The molecule has 3 aliphatic rings. The lowest BCUT2D eigenvalue weighted by Crippen LogP contribution is -2.19. The van der Waals surface area contributed by atoms with Gasteiger partial charge in [0.25, 0.3) is 0 Å². The normalized spacial score (nSPS) is 41.2. The van der Waals surface area contributed by atoms with Crippen molar-refractivity contribution in [3.8, 4) is 0 Å². The Morgan fingerprint density at radius 1 is 0.933 bits per heavy atom. The first-order valence-electron chi connectivity index (χ1n) is 7.00. The minimum Gasteiger partial charge on any atom is -0.370 e. The maximum Gasteiger partial charge on any atom is 0.0844 e.